The van der Waals surface area contributed by atoms with E-state index in [4.69, 9.17) is 9.72 Å². The van der Waals surface area contributed by atoms with E-state index < -0.39 is 0 Å². The summed E-state index contributed by atoms with van der Waals surface area (Å²) in [6.45, 7) is 0.682. The first-order valence-electron chi connectivity index (χ1n) is 10.8. The fraction of sp³-hybridized carbons (Fsp3) is 0.333. The van der Waals surface area contributed by atoms with Crippen LogP contribution in [0.2, 0.25) is 0 Å². The molecular formula is C24H27N5O2. The summed E-state index contributed by atoms with van der Waals surface area (Å²) in [5, 5.41) is 17.3. The van der Waals surface area contributed by atoms with E-state index in [-0.39, 0.29) is 12.1 Å². The molecule has 2 aromatic carbocycles. The van der Waals surface area contributed by atoms with Crippen molar-refractivity contribution in [2.24, 2.45) is 0 Å². The fourth-order valence-corrected chi connectivity index (χ4v) is 4.39. The van der Waals surface area contributed by atoms with Gasteiger partial charge in [-0.25, -0.2) is 4.98 Å². The van der Waals surface area contributed by atoms with Crippen LogP contribution in [-0.2, 0) is 6.54 Å². The number of rotatable bonds is 6. The molecule has 7 nitrogen and oxygen atoms in total. The van der Waals surface area contributed by atoms with Crippen LogP contribution < -0.4 is 4.74 Å². The van der Waals surface area contributed by atoms with Gasteiger partial charge in [-0.05, 0) is 67.9 Å². The van der Waals surface area contributed by atoms with Gasteiger partial charge in [0, 0.05) is 18.3 Å². The smallest absolute Gasteiger partial charge is 0.129 e. The van der Waals surface area contributed by atoms with Crippen molar-refractivity contribution in [3.05, 3.63) is 60.6 Å². The van der Waals surface area contributed by atoms with Gasteiger partial charge in [0.15, 0.2) is 0 Å². The van der Waals surface area contributed by atoms with E-state index in [1.54, 1.807) is 6.20 Å². The first-order chi connectivity index (χ1) is 15.2. The summed E-state index contributed by atoms with van der Waals surface area (Å²) in [4.78, 5) is 10.3. The second-order valence-electron chi connectivity index (χ2n) is 8.29. The zero-order valence-electron chi connectivity index (χ0n) is 17.6. The first-order valence-corrected chi connectivity index (χ1v) is 10.8. The number of aromatic nitrogens is 4. The molecule has 0 saturated heterocycles. The number of aliphatic hydroxyl groups excluding tert-OH is 1. The van der Waals surface area contributed by atoms with Crippen molar-refractivity contribution in [3.63, 3.8) is 0 Å². The van der Waals surface area contributed by atoms with Crippen molar-refractivity contribution in [3.8, 4) is 22.8 Å². The van der Waals surface area contributed by atoms with Crippen LogP contribution in [0.3, 0.4) is 0 Å². The van der Waals surface area contributed by atoms with Gasteiger partial charge in [0.25, 0.3) is 0 Å². The van der Waals surface area contributed by atoms with Gasteiger partial charge in [0.1, 0.15) is 17.3 Å². The van der Waals surface area contributed by atoms with Crippen molar-refractivity contribution in [2.75, 3.05) is 7.05 Å². The number of likely N-dealkylation sites (N-methyl/N-ethyl adjacent to an activating group) is 1. The highest BCUT2D eigenvalue weighted by Crippen LogP contribution is 2.28. The molecule has 0 radical (unpaired) electrons. The quantitative estimate of drug-likeness (QED) is 0.430. The Balaban J connectivity index is 1.28. The monoisotopic (exact) mass is 417 g/mol. The average Bonchev–Trinajstić information content (AvgIpc) is 3.44. The third-order valence-electron chi connectivity index (χ3n) is 6.06. The lowest BCUT2D eigenvalue weighted by molar-refractivity contribution is 0.0279. The van der Waals surface area contributed by atoms with Gasteiger partial charge in [-0.3, -0.25) is 10.00 Å². The average molecular weight is 418 g/mol. The molecule has 31 heavy (non-hydrogen) atoms. The van der Waals surface area contributed by atoms with Crippen LogP contribution in [0.4, 0.5) is 0 Å². The molecule has 2 atom stereocenters. The van der Waals surface area contributed by atoms with Gasteiger partial charge in [0.05, 0.1) is 29.4 Å². The Morgan fingerprint density at radius 3 is 2.65 bits per heavy atom. The minimum atomic E-state index is -0.247. The van der Waals surface area contributed by atoms with Gasteiger partial charge < -0.3 is 14.8 Å². The summed E-state index contributed by atoms with van der Waals surface area (Å²) in [5.74, 6) is 2.43. The molecule has 1 fully saturated rings. The Morgan fingerprint density at radius 2 is 1.87 bits per heavy atom. The molecule has 1 aliphatic rings. The number of nitrogens with zero attached hydrogens (tertiary/aromatic N) is 3. The van der Waals surface area contributed by atoms with E-state index in [2.05, 4.69) is 27.1 Å². The second-order valence-corrected chi connectivity index (χ2v) is 8.29. The van der Waals surface area contributed by atoms with Crippen LogP contribution in [0.1, 0.15) is 31.5 Å². The molecule has 3 N–H and O–H groups in total. The third-order valence-corrected chi connectivity index (χ3v) is 6.06. The number of nitrogens with one attached hydrogen (secondary N) is 2. The number of benzene rings is 2. The summed E-state index contributed by atoms with van der Waals surface area (Å²) in [5.41, 5.74) is 3.89. The molecule has 4 aromatic rings. The topological polar surface area (TPSA) is 90.1 Å². The molecule has 0 bridgehead atoms. The zero-order chi connectivity index (χ0) is 21.2. The van der Waals surface area contributed by atoms with Gasteiger partial charge in [-0.1, -0.05) is 12.8 Å². The number of aromatic amines is 2. The van der Waals surface area contributed by atoms with Gasteiger partial charge in [-0.2, -0.15) is 5.10 Å². The molecule has 5 rings (SSSR count). The summed E-state index contributed by atoms with van der Waals surface area (Å²) in [6, 6.07) is 15.9. The first kappa shape index (κ1) is 19.8. The molecule has 2 aromatic heterocycles. The molecule has 7 heteroatoms. The maximum Gasteiger partial charge on any atom is 0.129 e. The summed E-state index contributed by atoms with van der Waals surface area (Å²) < 4.78 is 6.04. The summed E-state index contributed by atoms with van der Waals surface area (Å²) in [6.07, 6.45) is 5.71. The lowest BCUT2D eigenvalue weighted by Gasteiger charge is -2.34. The molecule has 1 unspecified atom stereocenters. The number of fused-ring (bicyclic) bond motifs is 1. The van der Waals surface area contributed by atoms with Crippen LogP contribution in [0, 0.1) is 0 Å². The van der Waals surface area contributed by atoms with Gasteiger partial charge in [-0.15, -0.1) is 0 Å². The van der Waals surface area contributed by atoms with E-state index >= 15 is 0 Å². The number of hydrogen-bond donors (Lipinski definition) is 3. The van der Waals surface area contributed by atoms with E-state index in [9.17, 15) is 5.11 Å². The van der Waals surface area contributed by atoms with Crippen molar-refractivity contribution in [1.82, 2.24) is 25.1 Å². The van der Waals surface area contributed by atoms with Crippen LogP contribution >= 0.6 is 0 Å². The summed E-state index contributed by atoms with van der Waals surface area (Å²) >= 11 is 0. The van der Waals surface area contributed by atoms with E-state index in [0.29, 0.717) is 6.54 Å². The number of ether oxygens (including phenoxy) is 1. The van der Waals surface area contributed by atoms with Crippen LogP contribution in [0.25, 0.3) is 22.3 Å². The van der Waals surface area contributed by atoms with Crippen molar-refractivity contribution in [1.29, 1.82) is 0 Å². The Kier molecular flexibility index (Phi) is 5.44. The third kappa shape index (κ3) is 4.33. The normalized spacial score (nSPS) is 19.2. The van der Waals surface area contributed by atoms with Crippen LogP contribution in [-0.4, -0.2) is 49.4 Å². The number of hydrogen-bond acceptors (Lipinski definition) is 5. The molecule has 0 aliphatic heterocycles. The minimum Gasteiger partial charge on any atom is -0.457 e. The molecular weight excluding hydrogens is 390 g/mol. The zero-order valence-corrected chi connectivity index (χ0v) is 17.6. The highest BCUT2D eigenvalue weighted by molar-refractivity contribution is 5.77. The number of H-pyrrole nitrogens is 2. The number of imidazole rings is 1. The molecule has 160 valence electrons. The Morgan fingerprint density at radius 1 is 1.06 bits per heavy atom. The van der Waals surface area contributed by atoms with Crippen LogP contribution in [0.15, 0.2) is 54.7 Å². The van der Waals surface area contributed by atoms with Gasteiger partial charge >= 0.3 is 0 Å². The Labute approximate surface area is 181 Å². The van der Waals surface area contributed by atoms with E-state index in [0.717, 1.165) is 58.9 Å². The fourth-order valence-electron chi connectivity index (χ4n) is 4.39. The largest absolute Gasteiger partial charge is 0.457 e. The molecule has 1 saturated carbocycles. The highest BCUT2D eigenvalue weighted by atomic mass is 16.5. The van der Waals surface area contributed by atoms with Crippen LogP contribution in [0.5, 0.6) is 11.5 Å². The molecule has 2 heterocycles. The molecule has 1 aliphatic carbocycles. The number of aliphatic hydroxyl groups is 1. The maximum absolute atomic E-state index is 10.3. The summed E-state index contributed by atoms with van der Waals surface area (Å²) in [7, 11) is 2.06. The van der Waals surface area contributed by atoms with Crippen molar-refractivity contribution < 1.29 is 9.84 Å². The van der Waals surface area contributed by atoms with Gasteiger partial charge in [0.2, 0.25) is 0 Å². The lowest BCUT2D eigenvalue weighted by atomic mass is 9.91. The lowest BCUT2D eigenvalue weighted by Crippen LogP contribution is -2.43. The highest BCUT2D eigenvalue weighted by Gasteiger charge is 2.27. The molecule has 0 spiro atoms. The Hall–Kier alpha value is -3.16. The Bertz CT molecular complexity index is 1140. The van der Waals surface area contributed by atoms with E-state index in [1.807, 2.05) is 48.5 Å². The maximum atomic E-state index is 10.3. The molecule has 0 amide bonds. The SMILES string of the molecule is CN(Cc1nc2ccc(Oc3ccc(-c4ccn[nH]4)cc3)cc2[nH]1)[C@H]1CCCCC1O. The second kappa shape index (κ2) is 8.53. The van der Waals surface area contributed by atoms with Crippen molar-refractivity contribution in [2.45, 2.75) is 44.4 Å². The predicted octanol–water partition coefficient (Wildman–Crippen LogP) is 4.48. The standard InChI is InChI=1S/C24H27N5O2/c1-29(22-4-2-3-5-23(22)30)15-24-26-20-11-10-18(14-21(20)27-24)31-17-8-6-16(7-9-17)19-12-13-25-28-19/h6-14,22-23,30H,2-5,15H2,1H3,(H,25,28)(H,26,27)/t22-,23?/m0/s1. The van der Waals surface area contributed by atoms with E-state index in [1.165, 1.54) is 6.42 Å². The van der Waals surface area contributed by atoms with Crippen molar-refractivity contribution >= 4 is 11.0 Å². The minimum absolute atomic E-state index is 0.200. The predicted molar refractivity (Wildman–Crippen MR) is 120 cm³/mol.